The third-order valence-corrected chi connectivity index (χ3v) is 3.39. The number of aromatic amines is 1. The van der Waals surface area contributed by atoms with Gasteiger partial charge in [-0.2, -0.15) is 0 Å². The van der Waals surface area contributed by atoms with Crippen molar-refractivity contribution < 1.29 is 9.53 Å². The van der Waals surface area contributed by atoms with E-state index in [4.69, 9.17) is 4.74 Å². The Kier molecular flexibility index (Phi) is 4.74. The lowest BCUT2D eigenvalue weighted by atomic mass is 10.1. The summed E-state index contributed by atoms with van der Waals surface area (Å²) < 4.78 is 5.54. The van der Waals surface area contributed by atoms with E-state index >= 15 is 0 Å². The summed E-state index contributed by atoms with van der Waals surface area (Å²) >= 11 is 0. The van der Waals surface area contributed by atoms with Gasteiger partial charge < -0.3 is 14.6 Å². The summed E-state index contributed by atoms with van der Waals surface area (Å²) in [6.45, 7) is 1.54. The maximum absolute atomic E-state index is 12.0. The molecule has 1 aliphatic heterocycles. The standard InChI is InChI=1S/C14H20N2O3/c1-16(9-3-5-11-6-4-10-19-11)14(18)12-7-2-8-13(17)15-12/h2,7-8,11H,3-6,9-10H2,1H3,(H,15,17)/t11-/m0/s1. The van der Waals surface area contributed by atoms with Crippen LogP contribution < -0.4 is 5.56 Å². The molecule has 1 aromatic rings. The van der Waals surface area contributed by atoms with Gasteiger partial charge in [-0.1, -0.05) is 6.07 Å². The molecule has 5 nitrogen and oxygen atoms in total. The second kappa shape index (κ2) is 6.52. The average Bonchev–Trinajstić information content (AvgIpc) is 2.91. The highest BCUT2D eigenvalue weighted by atomic mass is 16.5. The molecule has 0 spiro atoms. The number of H-pyrrole nitrogens is 1. The van der Waals surface area contributed by atoms with Crippen LogP contribution in [0.1, 0.15) is 36.2 Å². The molecule has 1 aromatic heterocycles. The maximum Gasteiger partial charge on any atom is 0.270 e. The number of aromatic nitrogens is 1. The molecule has 2 rings (SSSR count). The average molecular weight is 264 g/mol. The Morgan fingerprint density at radius 1 is 1.53 bits per heavy atom. The van der Waals surface area contributed by atoms with Gasteiger partial charge in [-0.05, 0) is 31.7 Å². The number of amides is 1. The number of nitrogens with zero attached hydrogens (tertiary/aromatic N) is 1. The Bertz CT molecular complexity index is 478. The van der Waals surface area contributed by atoms with Crippen LogP contribution in [-0.2, 0) is 4.74 Å². The zero-order chi connectivity index (χ0) is 13.7. The summed E-state index contributed by atoms with van der Waals surface area (Å²) in [5, 5.41) is 0. The number of hydrogen-bond donors (Lipinski definition) is 1. The summed E-state index contributed by atoms with van der Waals surface area (Å²) in [5.74, 6) is -0.148. The molecule has 1 saturated heterocycles. The van der Waals surface area contributed by atoms with E-state index in [2.05, 4.69) is 4.98 Å². The van der Waals surface area contributed by atoms with E-state index in [0.29, 0.717) is 18.3 Å². The molecule has 0 radical (unpaired) electrons. The first-order chi connectivity index (χ1) is 9.16. The molecule has 5 heteroatoms. The molecule has 0 bridgehead atoms. The molecule has 1 fully saturated rings. The molecule has 0 aliphatic carbocycles. The first kappa shape index (κ1) is 13.8. The molecule has 0 unspecified atom stereocenters. The molecule has 0 saturated carbocycles. The fraction of sp³-hybridized carbons (Fsp3) is 0.571. The largest absolute Gasteiger partial charge is 0.378 e. The van der Waals surface area contributed by atoms with Gasteiger partial charge in [0, 0.05) is 26.3 Å². The second-order valence-corrected chi connectivity index (χ2v) is 4.93. The van der Waals surface area contributed by atoms with Crippen molar-refractivity contribution in [1.29, 1.82) is 0 Å². The van der Waals surface area contributed by atoms with Crippen molar-refractivity contribution in [3.63, 3.8) is 0 Å². The Labute approximate surface area is 112 Å². The summed E-state index contributed by atoms with van der Waals surface area (Å²) in [6.07, 6.45) is 4.54. The number of ether oxygens (including phenoxy) is 1. The second-order valence-electron chi connectivity index (χ2n) is 4.93. The van der Waals surface area contributed by atoms with Gasteiger partial charge in [0.2, 0.25) is 5.56 Å². The lowest BCUT2D eigenvalue weighted by Gasteiger charge is -2.18. The molecule has 1 N–H and O–H groups in total. The summed E-state index contributed by atoms with van der Waals surface area (Å²) in [4.78, 5) is 27.4. The predicted molar refractivity (Wildman–Crippen MR) is 72.2 cm³/mol. The number of carbonyl (C=O) groups is 1. The zero-order valence-electron chi connectivity index (χ0n) is 11.2. The van der Waals surface area contributed by atoms with Crippen molar-refractivity contribution in [3.05, 3.63) is 34.2 Å². The Morgan fingerprint density at radius 3 is 3.05 bits per heavy atom. The van der Waals surface area contributed by atoms with Gasteiger partial charge in [0.15, 0.2) is 0 Å². The van der Waals surface area contributed by atoms with Crippen molar-refractivity contribution in [2.75, 3.05) is 20.2 Å². The SMILES string of the molecule is CN(CCC[C@H]1CCCO1)C(=O)c1cccc(=O)[nH]1. The van der Waals surface area contributed by atoms with Crippen molar-refractivity contribution in [2.45, 2.75) is 31.8 Å². The minimum Gasteiger partial charge on any atom is -0.378 e. The number of carbonyl (C=O) groups excluding carboxylic acids is 1. The van der Waals surface area contributed by atoms with Crippen LogP contribution in [0.4, 0.5) is 0 Å². The van der Waals surface area contributed by atoms with Crippen LogP contribution in [0.2, 0.25) is 0 Å². The number of hydrogen-bond acceptors (Lipinski definition) is 3. The normalized spacial score (nSPS) is 18.5. The van der Waals surface area contributed by atoms with Crippen molar-refractivity contribution >= 4 is 5.91 Å². The monoisotopic (exact) mass is 264 g/mol. The van der Waals surface area contributed by atoms with E-state index in [1.54, 1.807) is 24.1 Å². The number of rotatable bonds is 5. The maximum atomic E-state index is 12.0. The minimum absolute atomic E-state index is 0.148. The van der Waals surface area contributed by atoms with E-state index in [-0.39, 0.29) is 11.5 Å². The van der Waals surface area contributed by atoms with Gasteiger partial charge in [-0.3, -0.25) is 9.59 Å². The highest BCUT2D eigenvalue weighted by molar-refractivity contribution is 5.91. The van der Waals surface area contributed by atoms with Crippen LogP contribution in [0.5, 0.6) is 0 Å². The molecule has 1 amide bonds. The van der Waals surface area contributed by atoms with E-state index in [1.807, 2.05) is 0 Å². The van der Waals surface area contributed by atoms with Crippen LogP contribution in [0.15, 0.2) is 23.0 Å². The van der Waals surface area contributed by atoms with Crippen LogP contribution in [0.3, 0.4) is 0 Å². The summed E-state index contributed by atoms with van der Waals surface area (Å²) in [5.41, 5.74) is 0.0886. The van der Waals surface area contributed by atoms with E-state index in [0.717, 1.165) is 32.3 Å². The quantitative estimate of drug-likeness (QED) is 0.874. The highest BCUT2D eigenvalue weighted by Gasteiger charge is 2.16. The van der Waals surface area contributed by atoms with Crippen LogP contribution in [-0.4, -0.2) is 42.1 Å². The van der Waals surface area contributed by atoms with Crippen molar-refractivity contribution in [1.82, 2.24) is 9.88 Å². The molecular weight excluding hydrogens is 244 g/mol. The van der Waals surface area contributed by atoms with Crippen LogP contribution in [0.25, 0.3) is 0 Å². The Balaban J connectivity index is 1.80. The van der Waals surface area contributed by atoms with E-state index in [1.165, 1.54) is 6.07 Å². The lowest BCUT2D eigenvalue weighted by molar-refractivity contribution is 0.0757. The zero-order valence-corrected chi connectivity index (χ0v) is 11.2. The van der Waals surface area contributed by atoms with Gasteiger partial charge in [-0.25, -0.2) is 0 Å². The third kappa shape index (κ3) is 3.92. The molecular formula is C14H20N2O3. The smallest absolute Gasteiger partial charge is 0.270 e. The van der Waals surface area contributed by atoms with E-state index in [9.17, 15) is 9.59 Å². The predicted octanol–water partition coefficient (Wildman–Crippen LogP) is 1.41. The minimum atomic E-state index is -0.251. The Morgan fingerprint density at radius 2 is 2.37 bits per heavy atom. The van der Waals surface area contributed by atoms with E-state index < -0.39 is 0 Å². The van der Waals surface area contributed by atoms with Gasteiger partial charge in [0.05, 0.1) is 6.10 Å². The highest BCUT2D eigenvalue weighted by Crippen LogP contribution is 2.16. The summed E-state index contributed by atoms with van der Waals surface area (Å²) in [7, 11) is 1.75. The van der Waals surface area contributed by atoms with Gasteiger partial charge in [0.1, 0.15) is 5.69 Å². The molecule has 19 heavy (non-hydrogen) atoms. The third-order valence-electron chi connectivity index (χ3n) is 3.39. The van der Waals surface area contributed by atoms with Crippen molar-refractivity contribution in [2.24, 2.45) is 0 Å². The van der Waals surface area contributed by atoms with Crippen molar-refractivity contribution in [3.8, 4) is 0 Å². The first-order valence-corrected chi connectivity index (χ1v) is 6.73. The molecule has 0 aromatic carbocycles. The van der Waals surface area contributed by atoms with Gasteiger partial charge in [0.25, 0.3) is 5.91 Å². The molecule has 1 aliphatic rings. The summed E-state index contributed by atoms with van der Waals surface area (Å²) in [6, 6.07) is 4.61. The first-order valence-electron chi connectivity index (χ1n) is 6.73. The number of nitrogens with one attached hydrogen (secondary N) is 1. The van der Waals surface area contributed by atoms with Gasteiger partial charge in [-0.15, -0.1) is 0 Å². The Hall–Kier alpha value is -1.62. The lowest BCUT2D eigenvalue weighted by Crippen LogP contribution is -2.30. The molecule has 104 valence electrons. The topological polar surface area (TPSA) is 62.4 Å². The van der Waals surface area contributed by atoms with Crippen LogP contribution >= 0.6 is 0 Å². The molecule has 2 heterocycles. The molecule has 1 atom stereocenters. The fourth-order valence-electron chi connectivity index (χ4n) is 2.31. The number of pyridine rings is 1. The van der Waals surface area contributed by atoms with Gasteiger partial charge >= 0.3 is 0 Å². The van der Waals surface area contributed by atoms with Crippen LogP contribution in [0, 0.1) is 0 Å². The fourth-order valence-corrected chi connectivity index (χ4v) is 2.31.